The second-order valence-corrected chi connectivity index (χ2v) is 5.64. The number of carbonyl (C=O) groups excluding carboxylic acids is 1. The molecule has 1 atom stereocenters. The summed E-state index contributed by atoms with van der Waals surface area (Å²) in [4.78, 5) is 28.4. The highest BCUT2D eigenvalue weighted by atomic mass is 32.1. The van der Waals surface area contributed by atoms with Gasteiger partial charge in [-0.2, -0.15) is 0 Å². The molecule has 0 radical (unpaired) electrons. The lowest BCUT2D eigenvalue weighted by Gasteiger charge is -2.07. The van der Waals surface area contributed by atoms with Crippen LogP contribution in [0.5, 0.6) is 0 Å². The lowest BCUT2D eigenvalue weighted by Crippen LogP contribution is -2.15. The predicted molar refractivity (Wildman–Crippen MR) is 75.6 cm³/mol. The highest BCUT2D eigenvalue weighted by molar-refractivity contribution is 7.15. The van der Waals surface area contributed by atoms with Crippen LogP contribution < -0.4 is 5.56 Å². The van der Waals surface area contributed by atoms with E-state index in [1.807, 2.05) is 0 Å². The third-order valence-corrected chi connectivity index (χ3v) is 4.04. The van der Waals surface area contributed by atoms with Crippen LogP contribution >= 0.6 is 11.3 Å². The van der Waals surface area contributed by atoms with Crippen molar-refractivity contribution in [2.45, 2.75) is 25.9 Å². The van der Waals surface area contributed by atoms with Crippen LogP contribution in [0, 0.1) is 5.92 Å². The fraction of sp³-hybridized carbons (Fsp3) is 0.357. The van der Waals surface area contributed by atoms with Gasteiger partial charge in [0.2, 0.25) is 0 Å². The number of thiazole rings is 1. The Morgan fingerprint density at radius 2 is 2.45 bits per heavy atom. The van der Waals surface area contributed by atoms with Gasteiger partial charge >= 0.3 is 5.97 Å². The minimum absolute atomic E-state index is 0.0545. The molecule has 1 unspecified atom stereocenters. The van der Waals surface area contributed by atoms with E-state index in [9.17, 15) is 9.59 Å². The van der Waals surface area contributed by atoms with E-state index < -0.39 is 0 Å². The number of esters is 1. The Bertz CT molecular complexity index is 717. The Morgan fingerprint density at radius 1 is 1.55 bits per heavy atom. The summed E-state index contributed by atoms with van der Waals surface area (Å²) in [5, 5.41) is 1.80. The molecule has 2 heterocycles. The van der Waals surface area contributed by atoms with Gasteiger partial charge in [-0.3, -0.25) is 14.0 Å². The summed E-state index contributed by atoms with van der Waals surface area (Å²) in [5.74, 6) is 0.0515. The Balaban J connectivity index is 1.63. The van der Waals surface area contributed by atoms with Crippen LogP contribution in [0.2, 0.25) is 0 Å². The van der Waals surface area contributed by atoms with E-state index in [1.165, 1.54) is 21.8 Å². The molecule has 0 spiro atoms. The molecule has 0 bridgehead atoms. The number of rotatable bonds is 4. The van der Waals surface area contributed by atoms with Gasteiger partial charge in [0.1, 0.15) is 6.61 Å². The van der Waals surface area contributed by atoms with Gasteiger partial charge in [0.25, 0.3) is 5.56 Å². The fourth-order valence-corrected chi connectivity index (χ4v) is 2.99. The molecule has 2 aromatic heterocycles. The van der Waals surface area contributed by atoms with E-state index in [0.29, 0.717) is 23.0 Å². The topological polar surface area (TPSA) is 60.7 Å². The summed E-state index contributed by atoms with van der Waals surface area (Å²) in [6, 6.07) is 1.41. The van der Waals surface area contributed by atoms with Crippen LogP contribution in [0.1, 0.15) is 25.0 Å². The zero-order valence-corrected chi connectivity index (χ0v) is 11.6. The standard InChI is InChI=1S/C14H14N2O3S/c17-12-8-11(15-14-16(12)5-6-20-14)9-19-13(18)7-10-3-1-2-4-10/h1,3,5-6,8,10H,2,4,7,9H2. The number of aromatic nitrogens is 2. The zero-order valence-electron chi connectivity index (χ0n) is 10.8. The first kappa shape index (κ1) is 13.1. The lowest BCUT2D eigenvalue weighted by molar-refractivity contribution is -0.145. The molecule has 104 valence electrons. The maximum atomic E-state index is 11.8. The van der Waals surface area contributed by atoms with Gasteiger partial charge in [0, 0.05) is 17.6 Å². The molecule has 3 rings (SSSR count). The largest absolute Gasteiger partial charge is 0.459 e. The Morgan fingerprint density at radius 3 is 3.25 bits per heavy atom. The molecule has 20 heavy (non-hydrogen) atoms. The molecule has 5 nitrogen and oxygen atoms in total. The molecule has 2 aromatic rings. The minimum Gasteiger partial charge on any atom is -0.459 e. The SMILES string of the molecule is O=C(CC1C=CCC1)OCc1cc(=O)n2ccsc2n1. The van der Waals surface area contributed by atoms with Gasteiger partial charge in [-0.1, -0.05) is 12.2 Å². The van der Waals surface area contributed by atoms with Crippen molar-refractivity contribution in [1.29, 1.82) is 0 Å². The number of nitrogens with zero attached hydrogens (tertiary/aromatic N) is 2. The van der Waals surface area contributed by atoms with Gasteiger partial charge in [0.15, 0.2) is 4.96 Å². The van der Waals surface area contributed by atoms with Crippen LogP contribution in [0.25, 0.3) is 4.96 Å². The van der Waals surface area contributed by atoms with Crippen molar-refractivity contribution in [2.24, 2.45) is 5.92 Å². The molecule has 0 amide bonds. The molecular formula is C14H14N2O3S. The van der Waals surface area contributed by atoms with Gasteiger partial charge in [0.05, 0.1) is 12.1 Å². The van der Waals surface area contributed by atoms with Crippen molar-refractivity contribution in [3.05, 3.63) is 45.8 Å². The maximum Gasteiger partial charge on any atom is 0.306 e. The molecule has 0 fully saturated rings. The average Bonchev–Trinajstić information content (AvgIpc) is 3.07. The molecule has 0 saturated carbocycles. The number of carbonyl (C=O) groups is 1. The van der Waals surface area contributed by atoms with Gasteiger partial charge in [-0.25, -0.2) is 4.98 Å². The average molecular weight is 290 g/mol. The highest BCUT2D eigenvalue weighted by Gasteiger charge is 2.15. The summed E-state index contributed by atoms with van der Waals surface area (Å²) in [7, 11) is 0. The molecule has 0 N–H and O–H groups in total. The van der Waals surface area contributed by atoms with Crippen molar-refractivity contribution >= 4 is 22.3 Å². The molecular weight excluding hydrogens is 276 g/mol. The van der Waals surface area contributed by atoms with E-state index in [1.54, 1.807) is 11.6 Å². The van der Waals surface area contributed by atoms with Crippen LogP contribution in [0.3, 0.4) is 0 Å². The van der Waals surface area contributed by atoms with Crippen LogP contribution in [0.4, 0.5) is 0 Å². The summed E-state index contributed by atoms with van der Waals surface area (Å²) < 4.78 is 6.66. The first-order chi connectivity index (χ1) is 9.72. The van der Waals surface area contributed by atoms with E-state index >= 15 is 0 Å². The molecule has 6 heteroatoms. The number of ether oxygens (including phenoxy) is 1. The number of allylic oxidation sites excluding steroid dienone is 2. The quantitative estimate of drug-likeness (QED) is 0.639. The normalized spacial score (nSPS) is 17.7. The summed E-state index contributed by atoms with van der Waals surface area (Å²) in [6.45, 7) is 0.0545. The Hall–Kier alpha value is -1.95. The predicted octanol–water partition coefficient (Wildman–Crippen LogP) is 2.16. The van der Waals surface area contributed by atoms with E-state index in [0.717, 1.165) is 12.8 Å². The first-order valence-electron chi connectivity index (χ1n) is 6.50. The van der Waals surface area contributed by atoms with Gasteiger partial charge in [-0.05, 0) is 18.8 Å². The zero-order chi connectivity index (χ0) is 13.9. The van der Waals surface area contributed by atoms with Crippen LogP contribution in [-0.4, -0.2) is 15.4 Å². The Labute approximate surface area is 119 Å². The summed E-state index contributed by atoms with van der Waals surface area (Å²) >= 11 is 1.38. The number of fused-ring (bicyclic) bond motifs is 1. The minimum atomic E-state index is -0.241. The maximum absolute atomic E-state index is 11.8. The number of hydrogen-bond acceptors (Lipinski definition) is 5. The van der Waals surface area contributed by atoms with Crippen molar-refractivity contribution in [1.82, 2.24) is 9.38 Å². The van der Waals surface area contributed by atoms with Crippen LogP contribution in [-0.2, 0) is 16.1 Å². The fourth-order valence-electron chi connectivity index (χ4n) is 2.25. The van der Waals surface area contributed by atoms with Gasteiger partial charge < -0.3 is 4.74 Å². The van der Waals surface area contributed by atoms with E-state index in [-0.39, 0.29) is 18.1 Å². The number of hydrogen-bond donors (Lipinski definition) is 0. The molecule has 0 saturated heterocycles. The third kappa shape index (κ3) is 2.80. The molecule has 0 aliphatic heterocycles. The van der Waals surface area contributed by atoms with E-state index in [4.69, 9.17) is 4.74 Å². The molecule has 0 aromatic carbocycles. The van der Waals surface area contributed by atoms with Gasteiger partial charge in [-0.15, -0.1) is 11.3 Å². The van der Waals surface area contributed by atoms with Crippen LogP contribution in [0.15, 0.2) is 34.6 Å². The second kappa shape index (κ2) is 5.58. The monoisotopic (exact) mass is 290 g/mol. The van der Waals surface area contributed by atoms with Crippen molar-refractivity contribution in [3.63, 3.8) is 0 Å². The first-order valence-corrected chi connectivity index (χ1v) is 7.38. The molecule has 1 aliphatic carbocycles. The molecule has 1 aliphatic rings. The summed E-state index contributed by atoms with van der Waals surface area (Å²) in [5.41, 5.74) is 0.341. The summed E-state index contributed by atoms with van der Waals surface area (Å²) in [6.07, 6.45) is 8.27. The van der Waals surface area contributed by atoms with E-state index in [2.05, 4.69) is 17.1 Å². The Kier molecular flexibility index (Phi) is 3.64. The third-order valence-electron chi connectivity index (χ3n) is 3.28. The van der Waals surface area contributed by atoms with Crippen molar-refractivity contribution in [3.8, 4) is 0 Å². The smallest absolute Gasteiger partial charge is 0.306 e. The van der Waals surface area contributed by atoms with Crippen molar-refractivity contribution < 1.29 is 9.53 Å². The second-order valence-electron chi connectivity index (χ2n) is 4.77. The highest BCUT2D eigenvalue weighted by Crippen LogP contribution is 2.20. The lowest BCUT2D eigenvalue weighted by atomic mass is 10.1. The van der Waals surface area contributed by atoms with Crippen molar-refractivity contribution in [2.75, 3.05) is 0 Å².